The third kappa shape index (κ3) is 3.48. The van der Waals surface area contributed by atoms with Crippen LogP contribution in [0.3, 0.4) is 0 Å². The summed E-state index contributed by atoms with van der Waals surface area (Å²) < 4.78 is 0. The molecule has 2 fully saturated rings. The molecule has 0 N–H and O–H groups in total. The van der Waals surface area contributed by atoms with E-state index in [1.165, 1.54) is 12.1 Å². The van der Waals surface area contributed by atoms with Crippen molar-refractivity contribution >= 4 is 17.3 Å². The summed E-state index contributed by atoms with van der Waals surface area (Å²) in [5.41, 5.74) is 1.96. The first-order valence-corrected chi connectivity index (χ1v) is 10.2. The van der Waals surface area contributed by atoms with Crippen molar-refractivity contribution < 1.29 is 14.6 Å². The zero-order valence-electron chi connectivity index (χ0n) is 16.8. The zero-order valence-corrected chi connectivity index (χ0v) is 16.8. The molecule has 31 heavy (non-hydrogen) atoms. The van der Waals surface area contributed by atoms with Crippen LogP contribution in [0.15, 0.2) is 84.9 Å². The number of anilines is 1. The molecule has 2 heterocycles. The molecule has 7 nitrogen and oxygen atoms in total. The van der Waals surface area contributed by atoms with E-state index in [9.17, 15) is 14.9 Å². The van der Waals surface area contributed by atoms with Gasteiger partial charge in [0.05, 0.1) is 17.5 Å². The van der Waals surface area contributed by atoms with Crippen LogP contribution in [0, 0.1) is 10.1 Å². The van der Waals surface area contributed by atoms with Crippen molar-refractivity contribution in [2.45, 2.75) is 24.6 Å². The number of hydroxylamine groups is 2. The number of nitro benzene ring substituents is 1. The molecule has 1 spiro atoms. The van der Waals surface area contributed by atoms with Crippen LogP contribution in [-0.2, 0) is 16.2 Å². The number of carbonyl (C=O) groups is 1. The van der Waals surface area contributed by atoms with Gasteiger partial charge in [-0.3, -0.25) is 19.7 Å². The van der Waals surface area contributed by atoms with Crippen LogP contribution in [0.1, 0.15) is 23.6 Å². The first-order chi connectivity index (χ1) is 15.1. The lowest BCUT2D eigenvalue weighted by Gasteiger charge is -2.45. The molecule has 0 unspecified atom stereocenters. The van der Waals surface area contributed by atoms with Gasteiger partial charge in [0.1, 0.15) is 0 Å². The van der Waals surface area contributed by atoms with Crippen LogP contribution < -0.4 is 4.90 Å². The Morgan fingerprint density at radius 1 is 0.968 bits per heavy atom. The minimum Gasteiger partial charge on any atom is -0.306 e. The Hall–Kier alpha value is -3.55. The smallest absolute Gasteiger partial charge is 0.269 e. The molecular weight excluding hydrogens is 394 g/mol. The summed E-state index contributed by atoms with van der Waals surface area (Å²) >= 11 is 0. The zero-order chi connectivity index (χ0) is 21.4. The number of nitro groups is 1. The molecule has 156 valence electrons. The number of amides is 1. The van der Waals surface area contributed by atoms with Gasteiger partial charge in [-0.25, -0.2) is 0 Å². The molecule has 3 aromatic rings. The van der Waals surface area contributed by atoms with Crippen LogP contribution in [0.5, 0.6) is 0 Å². The molecule has 2 aliphatic heterocycles. The minimum absolute atomic E-state index is 0.00160. The van der Waals surface area contributed by atoms with Crippen LogP contribution in [0.4, 0.5) is 11.4 Å². The summed E-state index contributed by atoms with van der Waals surface area (Å²) in [6.07, 6.45) is 0.562. The highest BCUT2D eigenvalue weighted by molar-refractivity contribution is 6.07. The van der Waals surface area contributed by atoms with Gasteiger partial charge in [-0.05, 0) is 23.3 Å². The second-order valence-electron chi connectivity index (χ2n) is 7.94. The maximum absolute atomic E-state index is 13.2. The number of benzene rings is 3. The van der Waals surface area contributed by atoms with Crippen LogP contribution >= 0.6 is 0 Å². The number of rotatable bonds is 5. The van der Waals surface area contributed by atoms with E-state index in [1.807, 2.05) is 53.6 Å². The average Bonchev–Trinajstić information content (AvgIpc) is 3.20. The van der Waals surface area contributed by atoms with E-state index in [4.69, 9.17) is 4.84 Å². The molecule has 2 aliphatic rings. The van der Waals surface area contributed by atoms with Crippen molar-refractivity contribution in [2.24, 2.45) is 0 Å². The monoisotopic (exact) mass is 415 g/mol. The molecular formula is C24H21N3O4. The summed E-state index contributed by atoms with van der Waals surface area (Å²) in [5.74, 6) is -0.113. The molecule has 0 bridgehead atoms. The van der Waals surface area contributed by atoms with Crippen LogP contribution in [0.2, 0.25) is 0 Å². The second kappa shape index (κ2) is 7.61. The predicted molar refractivity (Wildman–Crippen MR) is 115 cm³/mol. The highest BCUT2D eigenvalue weighted by Gasteiger charge is 2.61. The fourth-order valence-corrected chi connectivity index (χ4v) is 4.34. The topological polar surface area (TPSA) is 75.9 Å². The number of nitrogens with zero attached hydrogens (tertiary/aromatic N) is 3. The quantitative estimate of drug-likeness (QED) is 0.354. The van der Waals surface area contributed by atoms with Gasteiger partial charge in [-0.2, -0.15) is 5.06 Å². The van der Waals surface area contributed by atoms with Gasteiger partial charge in [0.2, 0.25) is 0 Å². The van der Waals surface area contributed by atoms with Crippen LogP contribution in [-0.4, -0.2) is 28.0 Å². The van der Waals surface area contributed by atoms with E-state index in [1.54, 1.807) is 17.0 Å². The molecule has 0 aromatic heterocycles. The predicted octanol–water partition coefficient (Wildman–Crippen LogP) is 4.26. The molecule has 7 heteroatoms. The third-order valence-electron chi connectivity index (χ3n) is 5.95. The molecule has 2 atom stereocenters. The van der Waals surface area contributed by atoms with E-state index in [0.717, 1.165) is 11.1 Å². The molecule has 1 amide bonds. The Balaban J connectivity index is 1.38. The molecule has 0 aliphatic carbocycles. The number of β-lactam (4-membered cyclic amide) rings is 1. The van der Waals surface area contributed by atoms with Gasteiger partial charge in [0, 0.05) is 30.8 Å². The van der Waals surface area contributed by atoms with Gasteiger partial charge in [0.25, 0.3) is 11.6 Å². The minimum atomic E-state index is -0.906. The summed E-state index contributed by atoms with van der Waals surface area (Å²) in [5, 5.41) is 12.8. The molecule has 0 saturated carbocycles. The average molecular weight is 415 g/mol. The van der Waals surface area contributed by atoms with Crippen molar-refractivity contribution in [2.75, 3.05) is 11.4 Å². The molecule has 0 radical (unpaired) electrons. The van der Waals surface area contributed by atoms with Gasteiger partial charge in [0.15, 0.2) is 5.60 Å². The highest BCUT2D eigenvalue weighted by atomic mass is 16.7. The first-order valence-electron chi connectivity index (χ1n) is 10.2. The molecule has 3 aromatic carbocycles. The third-order valence-corrected chi connectivity index (χ3v) is 5.95. The van der Waals surface area contributed by atoms with Crippen molar-refractivity contribution in [1.29, 1.82) is 0 Å². The number of hydrogen-bond acceptors (Lipinski definition) is 5. The number of hydrogen-bond donors (Lipinski definition) is 0. The lowest BCUT2D eigenvalue weighted by molar-refractivity contribution is -0.384. The lowest BCUT2D eigenvalue weighted by atomic mass is 9.84. The van der Waals surface area contributed by atoms with Crippen molar-refractivity contribution in [3.05, 3.63) is 106 Å². The van der Waals surface area contributed by atoms with Gasteiger partial charge >= 0.3 is 0 Å². The number of carbonyl (C=O) groups excluding carboxylic acids is 1. The fraction of sp³-hybridized carbons (Fsp3) is 0.208. The van der Waals surface area contributed by atoms with E-state index in [-0.39, 0.29) is 17.6 Å². The van der Waals surface area contributed by atoms with Crippen LogP contribution in [0.25, 0.3) is 0 Å². The summed E-state index contributed by atoms with van der Waals surface area (Å²) in [6.45, 7) is 0.991. The Labute approximate surface area is 179 Å². The van der Waals surface area contributed by atoms with E-state index in [0.29, 0.717) is 25.2 Å². The maximum Gasteiger partial charge on any atom is 0.269 e. The normalized spacial score (nSPS) is 23.2. The van der Waals surface area contributed by atoms with E-state index in [2.05, 4.69) is 12.1 Å². The lowest BCUT2D eigenvalue weighted by Crippen LogP contribution is -2.67. The van der Waals surface area contributed by atoms with Gasteiger partial charge in [-0.15, -0.1) is 0 Å². The van der Waals surface area contributed by atoms with Gasteiger partial charge in [-0.1, -0.05) is 60.7 Å². The summed E-state index contributed by atoms with van der Waals surface area (Å²) in [6, 6.07) is 26.1. The highest BCUT2D eigenvalue weighted by Crippen LogP contribution is 2.47. The maximum atomic E-state index is 13.2. The molecule has 2 saturated heterocycles. The van der Waals surface area contributed by atoms with E-state index >= 15 is 0 Å². The van der Waals surface area contributed by atoms with E-state index < -0.39 is 10.5 Å². The summed E-state index contributed by atoms with van der Waals surface area (Å²) in [4.78, 5) is 31.6. The fourth-order valence-electron chi connectivity index (χ4n) is 4.34. The molecule has 5 rings (SSSR count). The van der Waals surface area contributed by atoms with Gasteiger partial charge < -0.3 is 4.90 Å². The summed E-state index contributed by atoms with van der Waals surface area (Å²) in [7, 11) is 0. The largest absolute Gasteiger partial charge is 0.306 e. The van der Waals surface area contributed by atoms with Crippen molar-refractivity contribution in [3.8, 4) is 0 Å². The van der Waals surface area contributed by atoms with Crippen molar-refractivity contribution in [1.82, 2.24) is 5.06 Å². The number of non-ortho nitro benzene ring substituents is 1. The second-order valence-corrected chi connectivity index (χ2v) is 7.94. The Morgan fingerprint density at radius 3 is 2.23 bits per heavy atom. The Kier molecular flexibility index (Phi) is 4.77. The Morgan fingerprint density at radius 2 is 1.61 bits per heavy atom. The van der Waals surface area contributed by atoms with Crippen molar-refractivity contribution in [3.63, 3.8) is 0 Å². The SMILES string of the molecule is O=C1N(c2ccc([N+](=O)[O-])cc2)C[C@@]12C[C@@H](c1ccccc1)N(Cc1ccccc1)O2. The first kappa shape index (κ1) is 19.4. The Bertz CT molecular complexity index is 1100. The standard InChI is InChI=1S/C24H21N3O4/c28-23-24(17-25(23)20-11-13-21(14-12-20)27(29)30)15-22(19-9-5-2-6-10-19)26(31-24)16-18-7-3-1-4-8-18/h1-14,22H,15-17H2/t22-,24-/m0/s1.